The van der Waals surface area contributed by atoms with Gasteiger partial charge in [0.2, 0.25) is 0 Å². The topological polar surface area (TPSA) is 62.2 Å². The number of aromatic nitrogens is 1. The second kappa shape index (κ2) is 6.12. The fourth-order valence-corrected chi connectivity index (χ4v) is 1.87. The molecule has 17 heavy (non-hydrogen) atoms. The molecule has 4 nitrogen and oxygen atoms in total. The summed E-state index contributed by atoms with van der Waals surface area (Å²) in [6.45, 7) is 3.81. The Kier molecular flexibility index (Phi) is 5.08. The summed E-state index contributed by atoms with van der Waals surface area (Å²) in [5, 5.41) is 12.2. The number of carbonyl (C=O) groups excluding carboxylic acids is 1. The quantitative estimate of drug-likeness (QED) is 0.819. The van der Waals surface area contributed by atoms with Crippen molar-refractivity contribution in [3.8, 4) is 0 Å². The van der Waals surface area contributed by atoms with E-state index in [1.807, 2.05) is 13.8 Å². The fourth-order valence-electron chi connectivity index (χ4n) is 1.53. The number of hydrogen-bond acceptors (Lipinski definition) is 3. The minimum atomic E-state index is -0.554. The second-order valence-electron chi connectivity index (χ2n) is 3.95. The Bertz CT molecular complexity index is 384. The van der Waals surface area contributed by atoms with Crippen LogP contribution in [0.3, 0.4) is 0 Å². The lowest BCUT2D eigenvalue weighted by Crippen LogP contribution is -2.50. The first-order chi connectivity index (χ1) is 8.06. The van der Waals surface area contributed by atoms with E-state index < -0.39 is 5.54 Å². The van der Waals surface area contributed by atoms with Gasteiger partial charge in [-0.2, -0.15) is 0 Å². The molecule has 1 heterocycles. The van der Waals surface area contributed by atoms with Gasteiger partial charge in [-0.3, -0.25) is 4.79 Å². The number of aliphatic hydroxyl groups is 1. The van der Waals surface area contributed by atoms with Crippen LogP contribution in [-0.4, -0.2) is 28.1 Å². The van der Waals surface area contributed by atoms with Crippen LogP contribution in [0.15, 0.2) is 22.8 Å². The van der Waals surface area contributed by atoms with E-state index in [2.05, 4.69) is 26.2 Å². The Balaban J connectivity index is 2.84. The van der Waals surface area contributed by atoms with Gasteiger partial charge in [0, 0.05) is 0 Å². The van der Waals surface area contributed by atoms with Gasteiger partial charge in [0.1, 0.15) is 10.3 Å². The van der Waals surface area contributed by atoms with Crippen LogP contribution in [0, 0.1) is 0 Å². The molecule has 2 N–H and O–H groups in total. The van der Waals surface area contributed by atoms with Crippen molar-refractivity contribution in [3.63, 3.8) is 0 Å². The van der Waals surface area contributed by atoms with Crippen LogP contribution < -0.4 is 5.32 Å². The van der Waals surface area contributed by atoms with Crippen LogP contribution in [0.2, 0.25) is 0 Å². The second-order valence-corrected chi connectivity index (χ2v) is 4.76. The Hall–Kier alpha value is -0.940. The lowest BCUT2D eigenvalue weighted by atomic mass is 9.93. The van der Waals surface area contributed by atoms with Gasteiger partial charge in [0.15, 0.2) is 0 Å². The molecule has 0 atom stereocenters. The van der Waals surface area contributed by atoms with Crippen molar-refractivity contribution in [1.82, 2.24) is 10.3 Å². The standard InChI is InChI=1S/C12H17BrN2O2/c1-3-12(4-2,8-16)15-11(17)9-6-5-7-10(13)14-9/h5-7,16H,3-4,8H2,1-2H3,(H,15,17). The van der Waals surface area contributed by atoms with E-state index in [-0.39, 0.29) is 12.5 Å². The predicted octanol–water partition coefficient (Wildman–Crippen LogP) is 2.12. The smallest absolute Gasteiger partial charge is 0.270 e. The first-order valence-electron chi connectivity index (χ1n) is 5.63. The molecule has 0 saturated heterocycles. The van der Waals surface area contributed by atoms with Crippen molar-refractivity contribution < 1.29 is 9.90 Å². The third-order valence-electron chi connectivity index (χ3n) is 2.98. The summed E-state index contributed by atoms with van der Waals surface area (Å²) >= 11 is 3.22. The number of nitrogens with one attached hydrogen (secondary N) is 1. The van der Waals surface area contributed by atoms with Crippen LogP contribution in [0.5, 0.6) is 0 Å². The zero-order chi connectivity index (χ0) is 12.9. The molecule has 1 amide bonds. The lowest BCUT2D eigenvalue weighted by molar-refractivity contribution is 0.0812. The summed E-state index contributed by atoms with van der Waals surface area (Å²) in [5.41, 5.74) is -0.208. The van der Waals surface area contributed by atoms with E-state index in [1.165, 1.54) is 0 Å². The molecular formula is C12H17BrN2O2. The van der Waals surface area contributed by atoms with E-state index in [4.69, 9.17) is 0 Å². The third kappa shape index (κ3) is 3.51. The Morgan fingerprint density at radius 2 is 2.12 bits per heavy atom. The van der Waals surface area contributed by atoms with E-state index in [1.54, 1.807) is 18.2 Å². The normalized spacial score (nSPS) is 11.3. The van der Waals surface area contributed by atoms with Crippen molar-refractivity contribution in [2.75, 3.05) is 6.61 Å². The largest absolute Gasteiger partial charge is 0.394 e. The minimum absolute atomic E-state index is 0.0697. The molecule has 0 aliphatic rings. The average molecular weight is 301 g/mol. The molecular weight excluding hydrogens is 284 g/mol. The summed E-state index contributed by atoms with van der Waals surface area (Å²) in [6, 6.07) is 5.16. The summed E-state index contributed by atoms with van der Waals surface area (Å²) in [6.07, 6.45) is 1.36. The first kappa shape index (κ1) is 14.1. The van der Waals surface area contributed by atoms with Crippen molar-refractivity contribution in [1.29, 1.82) is 0 Å². The van der Waals surface area contributed by atoms with Gasteiger partial charge in [0.25, 0.3) is 5.91 Å². The van der Waals surface area contributed by atoms with Gasteiger partial charge in [-0.15, -0.1) is 0 Å². The molecule has 0 radical (unpaired) electrons. The number of hydrogen-bond donors (Lipinski definition) is 2. The summed E-state index contributed by atoms with van der Waals surface area (Å²) in [7, 11) is 0. The van der Waals surface area contributed by atoms with E-state index in [0.717, 1.165) is 0 Å². The molecule has 1 rings (SSSR count). The number of nitrogens with zero attached hydrogens (tertiary/aromatic N) is 1. The summed E-state index contributed by atoms with van der Waals surface area (Å²) in [5.74, 6) is -0.260. The number of aliphatic hydroxyl groups excluding tert-OH is 1. The van der Waals surface area contributed by atoms with Gasteiger partial charge >= 0.3 is 0 Å². The van der Waals surface area contributed by atoms with Gasteiger partial charge in [-0.25, -0.2) is 4.98 Å². The Morgan fingerprint density at radius 1 is 1.47 bits per heavy atom. The van der Waals surface area contributed by atoms with Crippen LogP contribution in [-0.2, 0) is 0 Å². The maximum atomic E-state index is 12.0. The number of amides is 1. The highest BCUT2D eigenvalue weighted by Gasteiger charge is 2.27. The Morgan fingerprint density at radius 3 is 2.59 bits per heavy atom. The first-order valence-corrected chi connectivity index (χ1v) is 6.42. The monoisotopic (exact) mass is 300 g/mol. The third-order valence-corrected chi connectivity index (χ3v) is 3.42. The van der Waals surface area contributed by atoms with Gasteiger partial charge in [-0.1, -0.05) is 19.9 Å². The minimum Gasteiger partial charge on any atom is -0.394 e. The number of pyridine rings is 1. The molecule has 0 aliphatic heterocycles. The van der Waals surface area contributed by atoms with E-state index in [9.17, 15) is 9.90 Å². The predicted molar refractivity (Wildman–Crippen MR) is 69.8 cm³/mol. The lowest BCUT2D eigenvalue weighted by Gasteiger charge is -2.30. The fraction of sp³-hybridized carbons (Fsp3) is 0.500. The molecule has 1 aromatic heterocycles. The maximum absolute atomic E-state index is 12.0. The van der Waals surface area contributed by atoms with Crippen molar-refractivity contribution in [3.05, 3.63) is 28.5 Å². The van der Waals surface area contributed by atoms with Crippen LogP contribution >= 0.6 is 15.9 Å². The summed E-state index contributed by atoms with van der Waals surface area (Å²) in [4.78, 5) is 16.1. The van der Waals surface area contributed by atoms with Crippen molar-refractivity contribution in [2.45, 2.75) is 32.2 Å². The number of carbonyl (C=O) groups is 1. The molecule has 0 fully saturated rings. The zero-order valence-electron chi connectivity index (χ0n) is 10.0. The van der Waals surface area contributed by atoms with Gasteiger partial charge in [0.05, 0.1) is 12.1 Å². The van der Waals surface area contributed by atoms with Crippen LogP contribution in [0.1, 0.15) is 37.2 Å². The average Bonchev–Trinajstić information content (AvgIpc) is 2.36. The van der Waals surface area contributed by atoms with E-state index >= 15 is 0 Å². The molecule has 0 aromatic carbocycles. The highest BCUT2D eigenvalue weighted by Crippen LogP contribution is 2.15. The van der Waals surface area contributed by atoms with Crippen LogP contribution in [0.25, 0.3) is 0 Å². The summed E-state index contributed by atoms with van der Waals surface area (Å²) < 4.78 is 0.618. The zero-order valence-corrected chi connectivity index (χ0v) is 11.6. The molecule has 0 aliphatic carbocycles. The molecule has 0 saturated carbocycles. The molecule has 1 aromatic rings. The van der Waals surface area contributed by atoms with Gasteiger partial charge < -0.3 is 10.4 Å². The molecule has 0 spiro atoms. The number of rotatable bonds is 5. The van der Waals surface area contributed by atoms with Gasteiger partial charge in [-0.05, 0) is 40.9 Å². The molecule has 5 heteroatoms. The highest BCUT2D eigenvalue weighted by molar-refractivity contribution is 9.10. The molecule has 0 bridgehead atoms. The maximum Gasteiger partial charge on any atom is 0.270 e. The van der Waals surface area contributed by atoms with E-state index in [0.29, 0.717) is 23.1 Å². The SMILES string of the molecule is CCC(CC)(CO)NC(=O)c1cccc(Br)n1. The molecule has 0 unspecified atom stereocenters. The number of halogens is 1. The van der Waals surface area contributed by atoms with Crippen LogP contribution in [0.4, 0.5) is 0 Å². The van der Waals surface area contributed by atoms with Crippen molar-refractivity contribution >= 4 is 21.8 Å². The molecule has 94 valence electrons. The Labute approximate surface area is 110 Å². The highest BCUT2D eigenvalue weighted by atomic mass is 79.9. The van der Waals surface area contributed by atoms with Crippen molar-refractivity contribution in [2.24, 2.45) is 0 Å².